The summed E-state index contributed by atoms with van der Waals surface area (Å²) in [5.41, 5.74) is 6.89. The van der Waals surface area contributed by atoms with E-state index in [9.17, 15) is 9.90 Å². The van der Waals surface area contributed by atoms with Crippen molar-refractivity contribution in [2.24, 2.45) is 10.2 Å². The number of halogens is 1. The van der Waals surface area contributed by atoms with Crippen molar-refractivity contribution >= 4 is 51.7 Å². The first-order chi connectivity index (χ1) is 16.5. The van der Waals surface area contributed by atoms with Crippen LogP contribution < -0.4 is 5.73 Å². The molecule has 0 saturated heterocycles. The molecule has 3 heterocycles. The van der Waals surface area contributed by atoms with Crippen LogP contribution in [-0.4, -0.2) is 41.3 Å². The number of nitrogen functional groups attached to an aromatic ring is 1. The van der Waals surface area contributed by atoms with Crippen molar-refractivity contribution in [2.75, 3.05) is 5.73 Å². The Bertz CT molecular complexity index is 1520. The molecule has 2 aromatic carbocycles. The van der Waals surface area contributed by atoms with Crippen molar-refractivity contribution < 1.29 is 14.5 Å². The molecule has 14 heteroatoms. The number of benzene rings is 2. The number of rotatable bonds is 6. The number of nitrogens with two attached hydrogens (primary N) is 1. The van der Waals surface area contributed by atoms with Gasteiger partial charge in [0.1, 0.15) is 0 Å². The van der Waals surface area contributed by atoms with E-state index in [1.807, 2.05) is 12.1 Å². The van der Waals surface area contributed by atoms with Gasteiger partial charge in [0.25, 0.3) is 0 Å². The van der Waals surface area contributed by atoms with Crippen LogP contribution in [0.2, 0.25) is 5.02 Å². The summed E-state index contributed by atoms with van der Waals surface area (Å²) in [6.45, 7) is 0. The van der Waals surface area contributed by atoms with Gasteiger partial charge in [-0.2, -0.15) is 4.68 Å². The van der Waals surface area contributed by atoms with E-state index in [1.165, 1.54) is 16.4 Å². The number of carbonyl (C=O) groups excluding carboxylic acids is 1. The van der Waals surface area contributed by atoms with Crippen molar-refractivity contribution in [1.29, 1.82) is 0 Å². The van der Waals surface area contributed by atoms with Crippen molar-refractivity contribution in [3.8, 4) is 11.7 Å². The van der Waals surface area contributed by atoms with E-state index < -0.39 is 5.91 Å². The number of anilines is 1. The summed E-state index contributed by atoms with van der Waals surface area (Å²) in [5.74, 6) is -0.647. The lowest BCUT2D eigenvalue weighted by atomic mass is 10.2. The molecule has 0 unspecified atom stereocenters. The number of thioether (sulfide) groups is 1. The van der Waals surface area contributed by atoms with Crippen LogP contribution in [0, 0.1) is 0 Å². The molecule has 1 amide bonds. The lowest BCUT2D eigenvalue weighted by Crippen LogP contribution is -2.07. The number of carbonyl (C=O) groups is 1. The van der Waals surface area contributed by atoms with Crippen LogP contribution in [0.25, 0.3) is 16.7 Å². The highest BCUT2D eigenvalue weighted by Gasteiger charge is 2.24. The van der Waals surface area contributed by atoms with E-state index in [2.05, 4.69) is 40.5 Å². The number of hydrogen-bond acceptors (Lipinski definition) is 10. The number of aromatic hydroxyl groups is 1. The third-order valence-electron chi connectivity index (χ3n) is 4.75. The standard InChI is InChI=1S/C20H14ClN9O3S/c21-10-5-7-11(8-6-10)34-9-14-16(25-29-30(14)18-17(22)27-33-28-18)20(32)26-24-15-12-3-1-2-4-13(12)23-19(15)31/h1-8,23,31H,9H2,(H2,22,27). The molecule has 3 aromatic heterocycles. The van der Waals surface area contributed by atoms with E-state index in [0.29, 0.717) is 21.6 Å². The summed E-state index contributed by atoms with van der Waals surface area (Å²) in [7, 11) is 0. The number of nitrogens with one attached hydrogen (secondary N) is 1. The minimum Gasteiger partial charge on any atom is -0.493 e. The van der Waals surface area contributed by atoms with Gasteiger partial charge in [0, 0.05) is 21.1 Å². The molecule has 0 aliphatic carbocycles. The average molecular weight is 496 g/mol. The Labute approximate surface area is 199 Å². The molecule has 0 spiro atoms. The van der Waals surface area contributed by atoms with Crippen molar-refractivity contribution in [1.82, 2.24) is 30.3 Å². The first-order valence-electron chi connectivity index (χ1n) is 9.68. The molecule has 0 bridgehead atoms. The fourth-order valence-corrected chi connectivity index (χ4v) is 4.16. The van der Waals surface area contributed by atoms with Crippen LogP contribution in [0.4, 0.5) is 11.5 Å². The molecule has 0 saturated carbocycles. The summed E-state index contributed by atoms with van der Waals surface area (Å²) in [6, 6.07) is 14.3. The predicted octanol–water partition coefficient (Wildman–Crippen LogP) is 4.29. The Kier molecular flexibility index (Phi) is 5.69. The zero-order valence-electron chi connectivity index (χ0n) is 17.1. The van der Waals surface area contributed by atoms with E-state index in [4.69, 9.17) is 17.3 Å². The summed E-state index contributed by atoms with van der Waals surface area (Å²) < 4.78 is 5.92. The number of H-pyrrole nitrogens is 1. The minimum absolute atomic E-state index is 0.0213. The normalized spacial score (nSPS) is 11.6. The van der Waals surface area contributed by atoms with Gasteiger partial charge in [-0.05, 0) is 40.6 Å². The first-order valence-corrected chi connectivity index (χ1v) is 11.0. The van der Waals surface area contributed by atoms with Crippen LogP contribution in [-0.2, 0) is 5.75 Å². The molecule has 5 aromatic rings. The Morgan fingerprint density at radius 1 is 1.21 bits per heavy atom. The second-order valence-electron chi connectivity index (χ2n) is 6.89. The molecule has 0 radical (unpaired) electrons. The van der Waals surface area contributed by atoms with Crippen molar-refractivity contribution in [3.63, 3.8) is 0 Å². The number of aromatic nitrogens is 6. The number of para-hydroxylation sites is 1. The lowest BCUT2D eigenvalue weighted by molar-refractivity contribution is 0.0989. The molecule has 34 heavy (non-hydrogen) atoms. The van der Waals surface area contributed by atoms with Gasteiger partial charge >= 0.3 is 5.91 Å². The second kappa shape index (κ2) is 8.96. The molecular weight excluding hydrogens is 482 g/mol. The molecule has 0 aliphatic rings. The van der Waals surface area contributed by atoms with Crippen LogP contribution >= 0.6 is 23.4 Å². The third kappa shape index (κ3) is 4.09. The molecule has 4 N–H and O–H groups in total. The van der Waals surface area contributed by atoms with Gasteiger partial charge < -0.3 is 15.8 Å². The molecule has 0 aliphatic heterocycles. The minimum atomic E-state index is -0.766. The maximum Gasteiger partial charge on any atom is 0.317 e. The average Bonchev–Trinajstić information content (AvgIpc) is 3.53. The van der Waals surface area contributed by atoms with Gasteiger partial charge in [-0.1, -0.05) is 35.0 Å². The third-order valence-corrected chi connectivity index (χ3v) is 6.03. The van der Waals surface area contributed by atoms with E-state index in [0.717, 1.165) is 4.90 Å². The zero-order chi connectivity index (χ0) is 23.7. The number of nitrogens with zero attached hydrogens (tertiary/aromatic N) is 7. The number of amides is 1. The lowest BCUT2D eigenvalue weighted by Gasteiger charge is -2.05. The molecule has 0 atom stereocenters. The van der Waals surface area contributed by atoms with Gasteiger partial charge in [0.05, 0.1) is 11.2 Å². The van der Waals surface area contributed by atoms with Crippen LogP contribution in [0.5, 0.6) is 5.88 Å². The fourth-order valence-electron chi connectivity index (χ4n) is 3.14. The van der Waals surface area contributed by atoms with Gasteiger partial charge in [0.15, 0.2) is 11.4 Å². The Morgan fingerprint density at radius 2 is 2.00 bits per heavy atom. The highest BCUT2D eigenvalue weighted by atomic mass is 35.5. The fraction of sp³-hybridized carbons (Fsp3) is 0.0500. The van der Waals surface area contributed by atoms with Gasteiger partial charge in [-0.25, -0.2) is 4.63 Å². The smallest absolute Gasteiger partial charge is 0.317 e. The zero-order valence-corrected chi connectivity index (χ0v) is 18.7. The maximum absolute atomic E-state index is 12.9. The van der Waals surface area contributed by atoms with E-state index in [1.54, 1.807) is 36.4 Å². The summed E-state index contributed by atoms with van der Waals surface area (Å²) in [4.78, 5) is 16.6. The predicted molar refractivity (Wildman–Crippen MR) is 123 cm³/mol. The maximum atomic E-state index is 12.9. The van der Waals surface area contributed by atoms with Gasteiger partial charge in [-0.15, -0.1) is 27.1 Å². The molecule has 170 valence electrons. The Hall–Kier alpha value is -4.23. The van der Waals surface area contributed by atoms with Gasteiger partial charge in [-0.3, -0.25) is 4.79 Å². The molecule has 0 fully saturated rings. The largest absolute Gasteiger partial charge is 0.493 e. The Balaban J connectivity index is 1.48. The number of fused-ring (bicyclic) bond motifs is 1. The summed E-state index contributed by atoms with van der Waals surface area (Å²) >= 11 is 7.36. The van der Waals surface area contributed by atoms with Crippen molar-refractivity contribution in [3.05, 3.63) is 64.9 Å². The highest BCUT2D eigenvalue weighted by Crippen LogP contribution is 2.35. The van der Waals surface area contributed by atoms with Crippen LogP contribution in [0.1, 0.15) is 16.2 Å². The summed E-state index contributed by atoms with van der Waals surface area (Å²) in [6.07, 6.45) is 0. The number of azo groups is 1. The number of aromatic amines is 1. The van der Waals surface area contributed by atoms with Crippen molar-refractivity contribution in [2.45, 2.75) is 10.6 Å². The van der Waals surface area contributed by atoms with E-state index >= 15 is 0 Å². The first kappa shape index (κ1) is 21.6. The highest BCUT2D eigenvalue weighted by molar-refractivity contribution is 7.98. The van der Waals surface area contributed by atoms with Crippen LogP contribution in [0.3, 0.4) is 0 Å². The molecule has 12 nitrogen and oxygen atoms in total. The second-order valence-corrected chi connectivity index (χ2v) is 8.37. The topological polar surface area (TPSA) is 173 Å². The summed E-state index contributed by atoms with van der Waals surface area (Å²) in [5, 5.41) is 34.3. The SMILES string of the molecule is Nc1nonc1-n1nnc(C(=O)N=Nc2c(O)[nH]c3ccccc23)c1CSc1ccc(Cl)cc1. The quantitative estimate of drug-likeness (QED) is 0.229. The monoisotopic (exact) mass is 495 g/mol. The molecule has 5 rings (SSSR count). The van der Waals surface area contributed by atoms with E-state index in [-0.39, 0.29) is 34.6 Å². The molecular formula is C20H14ClN9O3S. The van der Waals surface area contributed by atoms with Crippen LogP contribution in [0.15, 0.2) is 68.3 Å². The Morgan fingerprint density at radius 3 is 2.76 bits per heavy atom. The number of hydrogen-bond donors (Lipinski definition) is 3. The van der Waals surface area contributed by atoms with Gasteiger partial charge in [0.2, 0.25) is 17.5 Å².